The first kappa shape index (κ1) is 13.4. The van der Waals surface area contributed by atoms with Gasteiger partial charge in [0.2, 0.25) is 5.91 Å². The van der Waals surface area contributed by atoms with Crippen molar-refractivity contribution in [3.05, 3.63) is 29.8 Å². The van der Waals surface area contributed by atoms with Gasteiger partial charge in [0, 0.05) is 0 Å². The number of rotatable bonds is 5. The van der Waals surface area contributed by atoms with E-state index in [0.29, 0.717) is 12.2 Å². The zero-order valence-corrected chi connectivity index (χ0v) is 10.6. The molecule has 0 saturated carbocycles. The molecule has 2 rings (SSSR count). The molecule has 1 fully saturated rings. The molecule has 0 spiro atoms. The van der Waals surface area contributed by atoms with Crippen molar-refractivity contribution >= 4 is 28.9 Å². The van der Waals surface area contributed by atoms with Crippen LogP contribution in [0.5, 0.6) is 5.75 Å². The monoisotopic (exact) mass is 281 g/mol. The number of amides is 2. The maximum Gasteiger partial charge on any atom is 0.341 e. The van der Waals surface area contributed by atoms with E-state index in [4.69, 9.17) is 9.84 Å². The minimum atomic E-state index is -1.04. The van der Waals surface area contributed by atoms with Crippen molar-refractivity contribution in [1.82, 2.24) is 5.32 Å². The second-order valence-electron chi connectivity index (χ2n) is 3.91. The van der Waals surface area contributed by atoms with Crippen LogP contribution in [0.25, 0.3) is 0 Å². The minimum absolute atomic E-state index is 0.277. The van der Waals surface area contributed by atoms with Crippen LogP contribution in [0.2, 0.25) is 0 Å². The first-order valence-electron chi connectivity index (χ1n) is 5.49. The van der Waals surface area contributed by atoms with E-state index in [0.717, 1.165) is 17.3 Å². The van der Waals surface area contributed by atoms with Gasteiger partial charge in [0.15, 0.2) is 6.61 Å². The molecule has 1 aromatic carbocycles. The summed E-state index contributed by atoms with van der Waals surface area (Å²) in [7, 11) is 0. The molecular weight excluding hydrogens is 270 g/mol. The molecule has 0 aliphatic carbocycles. The molecule has 1 atom stereocenters. The minimum Gasteiger partial charge on any atom is -0.482 e. The van der Waals surface area contributed by atoms with Gasteiger partial charge in [-0.15, -0.1) is 0 Å². The molecule has 0 unspecified atom stereocenters. The normalized spacial score (nSPS) is 18.2. The smallest absolute Gasteiger partial charge is 0.341 e. The number of hydrogen-bond acceptors (Lipinski definition) is 5. The number of carboxylic acid groups (broad SMARTS) is 1. The van der Waals surface area contributed by atoms with Gasteiger partial charge in [-0.3, -0.25) is 14.9 Å². The molecule has 0 radical (unpaired) electrons. The Labute approximate surface area is 113 Å². The summed E-state index contributed by atoms with van der Waals surface area (Å²) in [4.78, 5) is 32.7. The Morgan fingerprint density at radius 3 is 2.53 bits per heavy atom. The molecule has 0 bridgehead atoms. The van der Waals surface area contributed by atoms with Gasteiger partial charge in [0.05, 0.1) is 5.25 Å². The highest BCUT2D eigenvalue weighted by Crippen LogP contribution is 2.23. The molecule has 1 saturated heterocycles. The van der Waals surface area contributed by atoms with Gasteiger partial charge in [-0.05, 0) is 24.1 Å². The number of aliphatic carboxylic acids is 1. The highest BCUT2D eigenvalue weighted by molar-refractivity contribution is 8.15. The fraction of sp³-hybridized carbons (Fsp3) is 0.250. The van der Waals surface area contributed by atoms with Crippen LogP contribution in [0.15, 0.2) is 24.3 Å². The van der Waals surface area contributed by atoms with Gasteiger partial charge < -0.3 is 9.84 Å². The van der Waals surface area contributed by atoms with Crippen LogP contribution in [0.4, 0.5) is 4.79 Å². The van der Waals surface area contributed by atoms with Crippen LogP contribution < -0.4 is 10.1 Å². The van der Waals surface area contributed by atoms with Gasteiger partial charge >= 0.3 is 5.97 Å². The van der Waals surface area contributed by atoms with E-state index in [1.54, 1.807) is 24.3 Å². The lowest BCUT2D eigenvalue weighted by Gasteiger charge is -2.07. The standard InChI is InChI=1S/C12H11NO5S/c14-10(15)6-18-8-3-1-7(2-4-8)5-9-11(16)13-12(17)19-9/h1-4,9H,5-6H2,(H,14,15)(H,13,16,17)/t9-/m1/s1. The molecule has 19 heavy (non-hydrogen) atoms. The van der Waals surface area contributed by atoms with Crippen molar-refractivity contribution in [1.29, 1.82) is 0 Å². The molecular formula is C12H11NO5S. The first-order valence-corrected chi connectivity index (χ1v) is 6.37. The predicted octanol–water partition coefficient (Wildman–Crippen LogP) is 1.04. The van der Waals surface area contributed by atoms with E-state index >= 15 is 0 Å². The Morgan fingerprint density at radius 1 is 1.32 bits per heavy atom. The van der Waals surface area contributed by atoms with Gasteiger partial charge in [0.1, 0.15) is 5.75 Å². The van der Waals surface area contributed by atoms with Gasteiger partial charge in [0.25, 0.3) is 5.24 Å². The Balaban J connectivity index is 1.93. The van der Waals surface area contributed by atoms with Crippen LogP contribution in [0, 0.1) is 0 Å². The van der Waals surface area contributed by atoms with Crippen molar-refractivity contribution < 1.29 is 24.2 Å². The zero-order valence-electron chi connectivity index (χ0n) is 9.79. The Kier molecular flexibility index (Phi) is 4.06. The Hall–Kier alpha value is -2.02. The van der Waals surface area contributed by atoms with Crippen molar-refractivity contribution in [3.63, 3.8) is 0 Å². The third-order valence-corrected chi connectivity index (χ3v) is 3.46. The average molecular weight is 281 g/mol. The van der Waals surface area contributed by atoms with Gasteiger partial charge in [-0.2, -0.15) is 0 Å². The quantitative estimate of drug-likeness (QED) is 0.838. The van der Waals surface area contributed by atoms with E-state index in [2.05, 4.69) is 5.32 Å². The number of hydrogen-bond donors (Lipinski definition) is 2. The van der Waals surface area contributed by atoms with Crippen molar-refractivity contribution in [2.75, 3.05) is 6.61 Å². The molecule has 1 aromatic rings. The summed E-state index contributed by atoms with van der Waals surface area (Å²) in [6.45, 7) is -0.394. The largest absolute Gasteiger partial charge is 0.482 e. The van der Waals surface area contributed by atoms with Gasteiger partial charge in [-0.25, -0.2) is 4.79 Å². The third-order valence-electron chi connectivity index (χ3n) is 2.47. The average Bonchev–Trinajstić information content (AvgIpc) is 2.67. The maximum atomic E-state index is 11.4. The summed E-state index contributed by atoms with van der Waals surface area (Å²) >= 11 is 0.978. The van der Waals surface area contributed by atoms with Crippen molar-refractivity contribution in [3.8, 4) is 5.75 Å². The van der Waals surface area contributed by atoms with E-state index in [9.17, 15) is 14.4 Å². The number of carbonyl (C=O) groups is 3. The molecule has 0 aromatic heterocycles. The van der Waals surface area contributed by atoms with Crippen LogP contribution in [-0.2, 0) is 16.0 Å². The molecule has 7 heteroatoms. The molecule has 1 aliphatic heterocycles. The Morgan fingerprint density at radius 2 is 2.00 bits per heavy atom. The van der Waals surface area contributed by atoms with Crippen LogP contribution in [0.1, 0.15) is 5.56 Å². The topological polar surface area (TPSA) is 92.7 Å². The fourth-order valence-electron chi connectivity index (χ4n) is 1.61. The van der Waals surface area contributed by atoms with E-state index < -0.39 is 17.8 Å². The number of carboxylic acids is 1. The van der Waals surface area contributed by atoms with E-state index in [1.807, 2.05) is 0 Å². The third kappa shape index (κ3) is 3.72. The second-order valence-corrected chi connectivity index (χ2v) is 5.09. The zero-order chi connectivity index (χ0) is 13.8. The van der Waals surface area contributed by atoms with Gasteiger partial charge in [-0.1, -0.05) is 23.9 Å². The molecule has 2 N–H and O–H groups in total. The fourth-order valence-corrected chi connectivity index (χ4v) is 2.47. The summed E-state index contributed by atoms with van der Waals surface area (Å²) in [5, 5.41) is 9.97. The van der Waals surface area contributed by atoms with E-state index in [-0.39, 0.29) is 11.1 Å². The highest BCUT2D eigenvalue weighted by atomic mass is 32.2. The van der Waals surface area contributed by atoms with Crippen LogP contribution in [0.3, 0.4) is 0 Å². The summed E-state index contributed by atoms with van der Waals surface area (Å²) in [5.41, 5.74) is 0.880. The summed E-state index contributed by atoms with van der Waals surface area (Å²) in [6, 6.07) is 6.76. The van der Waals surface area contributed by atoms with Crippen molar-refractivity contribution in [2.24, 2.45) is 0 Å². The predicted molar refractivity (Wildman–Crippen MR) is 68.2 cm³/mol. The molecule has 1 aliphatic rings. The molecule has 1 heterocycles. The van der Waals surface area contributed by atoms with E-state index in [1.165, 1.54) is 0 Å². The number of thioether (sulfide) groups is 1. The summed E-state index contributed by atoms with van der Waals surface area (Å²) < 4.78 is 4.99. The molecule has 2 amide bonds. The number of ether oxygens (including phenoxy) is 1. The maximum absolute atomic E-state index is 11.4. The number of nitrogens with one attached hydrogen (secondary N) is 1. The number of benzene rings is 1. The van der Waals surface area contributed by atoms with Crippen LogP contribution in [-0.4, -0.2) is 34.1 Å². The lowest BCUT2D eigenvalue weighted by Crippen LogP contribution is -2.25. The Bertz CT molecular complexity index is 513. The number of carbonyl (C=O) groups excluding carboxylic acids is 2. The SMILES string of the molecule is O=C(O)COc1ccc(C[C@H]2SC(=O)NC2=O)cc1. The second kappa shape index (κ2) is 5.75. The lowest BCUT2D eigenvalue weighted by atomic mass is 10.1. The summed E-state index contributed by atoms with van der Waals surface area (Å²) in [5.74, 6) is -0.867. The first-order chi connectivity index (χ1) is 9.04. The summed E-state index contributed by atoms with van der Waals surface area (Å²) in [6.07, 6.45) is 0.446. The highest BCUT2D eigenvalue weighted by Gasteiger charge is 2.31. The van der Waals surface area contributed by atoms with Crippen molar-refractivity contribution in [2.45, 2.75) is 11.7 Å². The lowest BCUT2D eigenvalue weighted by molar-refractivity contribution is -0.139. The van der Waals surface area contributed by atoms with Crippen LogP contribution >= 0.6 is 11.8 Å². The molecule has 100 valence electrons. The molecule has 6 nitrogen and oxygen atoms in total. The number of imide groups is 1.